The fraction of sp³-hybridized carbons (Fsp3) is 0.368. The number of thiazole rings is 1. The number of likely N-dealkylation sites (tertiary alicyclic amines) is 1. The molecule has 1 saturated heterocycles. The van der Waals surface area contributed by atoms with Gasteiger partial charge in [0.15, 0.2) is 0 Å². The quantitative estimate of drug-likeness (QED) is 0.530. The van der Waals surface area contributed by atoms with Crippen LogP contribution in [0.25, 0.3) is 10.6 Å². The first-order valence-electron chi connectivity index (χ1n) is 8.62. The molecular weight excluding hydrogens is 411 g/mol. The number of halogens is 3. The normalized spacial score (nSPS) is 22.7. The molecule has 1 fully saturated rings. The third kappa shape index (κ3) is 3.29. The van der Waals surface area contributed by atoms with E-state index in [0.29, 0.717) is 27.3 Å². The SMILES string of the molecule is O=C(c1csc(-c2cccc(Cl)c2Cl)n1)N1CCC(Cl)C2CCCC=C21. The van der Waals surface area contributed by atoms with Crippen molar-refractivity contribution >= 4 is 52.0 Å². The number of aromatic nitrogens is 1. The van der Waals surface area contributed by atoms with E-state index in [1.807, 2.05) is 17.0 Å². The number of hydrogen-bond acceptors (Lipinski definition) is 3. The molecule has 0 spiro atoms. The van der Waals surface area contributed by atoms with Crippen LogP contribution in [0.15, 0.2) is 35.4 Å². The van der Waals surface area contributed by atoms with Gasteiger partial charge in [-0.15, -0.1) is 22.9 Å². The second-order valence-electron chi connectivity index (χ2n) is 6.57. The van der Waals surface area contributed by atoms with Gasteiger partial charge in [0.2, 0.25) is 0 Å². The standard InChI is InChI=1S/C19H17Cl3N2OS/c20-13-8-9-24(16-7-2-1-4-11(13)16)19(25)15-10-26-18(23-15)12-5-3-6-14(21)17(12)22/h3,5-7,10-11,13H,1-2,4,8-9H2. The van der Waals surface area contributed by atoms with E-state index in [-0.39, 0.29) is 17.2 Å². The van der Waals surface area contributed by atoms with Crippen LogP contribution in [0, 0.1) is 5.92 Å². The third-order valence-corrected chi connectivity index (χ3v) is 7.20. The molecule has 1 aliphatic heterocycles. The Morgan fingerprint density at radius 1 is 1.27 bits per heavy atom. The van der Waals surface area contributed by atoms with Gasteiger partial charge in [0.25, 0.3) is 5.91 Å². The number of nitrogens with zero attached hydrogens (tertiary/aromatic N) is 2. The minimum atomic E-state index is -0.0626. The minimum Gasteiger partial charge on any atom is -0.311 e. The lowest BCUT2D eigenvalue weighted by Crippen LogP contribution is -2.43. The summed E-state index contributed by atoms with van der Waals surface area (Å²) >= 11 is 20.3. The summed E-state index contributed by atoms with van der Waals surface area (Å²) in [7, 11) is 0. The fourth-order valence-corrected chi connectivity index (χ4v) is 5.29. The molecule has 2 unspecified atom stereocenters. The molecule has 26 heavy (non-hydrogen) atoms. The van der Waals surface area contributed by atoms with Gasteiger partial charge in [0, 0.05) is 34.5 Å². The molecule has 136 valence electrons. The zero-order chi connectivity index (χ0) is 18.3. The molecule has 1 aliphatic carbocycles. The number of amides is 1. The van der Waals surface area contributed by atoms with Crippen LogP contribution in [0.3, 0.4) is 0 Å². The number of carbonyl (C=O) groups is 1. The molecule has 2 aromatic rings. The van der Waals surface area contributed by atoms with Gasteiger partial charge >= 0.3 is 0 Å². The van der Waals surface area contributed by atoms with Crippen molar-refractivity contribution in [1.29, 1.82) is 0 Å². The van der Waals surface area contributed by atoms with Crippen molar-refractivity contribution in [2.45, 2.75) is 31.1 Å². The predicted octanol–water partition coefficient (Wildman–Crippen LogP) is 6.25. The lowest BCUT2D eigenvalue weighted by atomic mass is 9.84. The Balaban J connectivity index is 1.62. The number of benzene rings is 1. The molecule has 1 aromatic heterocycles. The average molecular weight is 428 g/mol. The van der Waals surface area contributed by atoms with Gasteiger partial charge in [-0.1, -0.05) is 41.4 Å². The Morgan fingerprint density at radius 3 is 2.96 bits per heavy atom. The highest BCUT2D eigenvalue weighted by Gasteiger charge is 2.36. The maximum Gasteiger partial charge on any atom is 0.277 e. The van der Waals surface area contributed by atoms with Crippen LogP contribution in [0.5, 0.6) is 0 Å². The monoisotopic (exact) mass is 426 g/mol. The van der Waals surface area contributed by atoms with E-state index in [4.69, 9.17) is 34.8 Å². The molecule has 2 atom stereocenters. The zero-order valence-corrected chi connectivity index (χ0v) is 17.0. The van der Waals surface area contributed by atoms with E-state index < -0.39 is 0 Å². The van der Waals surface area contributed by atoms with E-state index >= 15 is 0 Å². The van der Waals surface area contributed by atoms with Crippen molar-refractivity contribution in [2.24, 2.45) is 5.92 Å². The predicted molar refractivity (Wildman–Crippen MR) is 108 cm³/mol. The fourth-order valence-electron chi connectivity index (χ4n) is 3.67. The number of alkyl halides is 1. The van der Waals surface area contributed by atoms with Crippen molar-refractivity contribution in [2.75, 3.05) is 6.54 Å². The van der Waals surface area contributed by atoms with Gasteiger partial charge < -0.3 is 4.90 Å². The second-order valence-corrected chi connectivity index (χ2v) is 8.77. The molecule has 0 saturated carbocycles. The van der Waals surface area contributed by atoms with Crippen molar-refractivity contribution < 1.29 is 4.79 Å². The maximum atomic E-state index is 13.1. The summed E-state index contributed by atoms with van der Waals surface area (Å²) in [6.45, 7) is 0.639. The maximum absolute atomic E-state index is 13.1. The van der Waals surface area contributed by atoms with Gasteiger partial charge in [-0.2, -0.15) is 0 Å². The molecule has 7 heteroatoms. The van der Waals surface area contributed by atoms with Crippen LogP contribution >= 0.6 is 46.1 Å². The van der Waals surface area contributed by atoms with Gasteiger partial charge in [0.05, 0.1) is 10.0 Å². The van der Waals surface area contributed by atoms with Crippen LogP contribution in [-0.4, -0.2) is 27.7 Å². The highest BCUT2D eigenvalue weighted by atomic mass is 35.5. The summed E-state index contributed by atoms with van der Waals surface area (Å²) < 4.78 is 0. The molecule has 2 aliphatic rings. The summed E-state index contributed by atoms with van der Waals surface area (Å²) in [5.74, 6) is 0.205. The topological polar surface area (TPSA) is 33.2 Å². The van der Waals surface area contributed by atoms with Crippen LogP contribution in [0.2, 0.25) is 10.0 Å². The first-order chi connectivity index (χ1) is 12.6. The summed E-state index contributed by atoms with van der Waals surface area (Å²) in [5.41, 5.74) is 2.26. The highest BCUT2D eigenvalue weighted by Crippen LogP contribution is 2.39. The molecule has 0 radical (unpaired) electrons. The van der Waals surface area contributed by atoms with Gasteiger partial charge in [-0.3, -0.25) is 4.79 Å². The molecular formula is C19H17Cl3N2OS. The first-order valence-corrected chi connectivity index (χ1v) is 10.7. The Kier molecular flexibility index (Phi) is 5.29. The number of fused-ring (bicyclic) bond motifs is 1. The highest BCUT2D eigenvalue weighted by molar-refractivity contribution is 7.13. The lowest BCUT2D eigenvalue weighted by molar-refractivity contribution is 0.0746. The molecule has 1 aromatic carbocycles. The Hall–Kier alpha value is -1.07. The van der Waals surface area contributed by atoms with Crippen molar-refractivity contribution in [3.05, 3.63) is 51.1 Å². The smallest absolute Gasteiger partial charge is 0.277 e. The number of carbonyl (C=O) groups excluding carboxylic acids is 1. The molecule has 1 amide bonds. The van der Waals surface area contributed by atoms with Crippen LogP contribution in [0.4, 0.5) is 0 Å². The number of allylic oxidation sites excluding steroid dienone is 2. The van der Waals surface area contributed by atoms with Crippen molar-refractivity contribution in [3.8, 4) is 10.6 Å². The van der Waals surface area contributed by atoms with Gasteiger partial charge in [-0.05, 0) is 31.7 Å². The third-order valence-electron chi connectivity index (χ3n) is 4.98. The summed E-state index contributed by atoms with van der Waals surface area (Å²) in [4.78, 5) is 19.5. The molecule has 3 nitrogen and oxygen atoms in total. The van der Waals surface area contributed by atoms with Crippen molar-refractivity contribution in [3.63, 3.8) is 0 Å². The molecule has 2 heterocycles. The zero-order valence-electron chi connectivity index (χ0n) is 13.9. The van der Waals surface area contributed by atoms with Gasteiger partial charge in [-0.25, -0.2) is 4.98 Å². The lowest BCUT2D eigenvalue weighted by Gasteiger charge is -2.40. The van der Waals surface area contributed by atoms with E-state index in [2.05, 4.69) is 11.1 Å². The molecule has 0 bridgehead atoms. The van der Waals surface area contributed by atoms with E-state index in [9.17, 15) is 4.79 Å². The van der Waals surface area contributed by atoms with Crippen LogP contribution in [-0.2, 0) is 0 Å². The van der Waals surface area contributed by atoms with Crippen LogP contribution < -0.4 is 0 Å². The summed E-state index contributed by atoms with van der Waals surface area (Å²) in [6.07, 6.45) is 6.16. The Morgan fingerprint density at radius 2 is 2.12 bits per heavy atom. The molecule has 4 rings (SSSR count). The molecule has 0 N–H and O–H groups in total. The number of rotatable bonds is 2. The van der Waals surface area contributed by atoms with Crippen LogP contribution in [0.1, 0.15) is 36.2 Å². The van der Waals surface area contributed by atoms with E-state index in [1.54, 1.807) is 11.4 Å². The second kappa shape index (κ2) is 7.51. The van der Waals surface area contributed by atoms with Gasteiger partial charge in [0.1, 0.15) is 10.7 Å². The van der Waals surface area contributed by atoms with E-state index in [0.717, 1.165) is 36.9 Å². The Labute approximate surface area is 171 Å². The largest absolute Gasteiger partial charge is 0.311 e. The van der Waals surface area contributed by atoms with E-state index in [1.165, 1.54) is 11.3 Å². The number of hydrogen-bond donors (Lipinski definition) is 0. The van der Waals surface area contributed by atoms with Crippen molar-refractivity contribution in [1.82, 2.24) is 9.88 Å². The first kappa shape index (κ1) is 18.3. The number of piperidine rings is 1. The summed E-state index contributed by atoms with van der Waals surface area (Å²) in [5, 5.41) is 3.54. The summed E-state index contributed by atoms with van der Waals surface area (Å²) in [6, 6.07) is 5.42. The minimum absolute atomic E-state index is 0.0626. The Bertz CT molecular complexity index is 879. The average Bonchev–Trinajstić information content (AvgIpc) is 3.14.